The quantitative estimate of drug-likeness (QED) is 0.605. The minimum atomic E-state index is -0.388. The molecule has 0 saturated heterocycles. The third-order valence-corrected chi connectivity index (χ3v) is 3.84. The van der Waals surface area contributed by atoms with Crippen molar-refractivity contribution >= 4 is 28.8 Å². The predicted octanol–water partition coefficient (Wildman–Crippen LogP) is 3.12. The average molecular weight is 313 g/mol. The zero-order chi connectivity index (χ0) is 14.5. The Bertz CT molecular complexity index is 605. The molecule has 0 radical (unpaired) electrons. The number of benzene rings is 1. The molecule has 1 aromatic carbocycles. The van der Waals surface area contributed by atoms with Crippen LogP contribution in [0.2, 0.25) is 4.34 Å². The zero-order valence-electron chi connectivity index (χ0n) is 10.8. The molecule has 0 unspecified atom stereocenters. The Morgan fingerprint density at radius 3 is 2.85 bits per heavy atom. The van der Waals surface area contributed by atoms with E-state index in [0.29, 0.717) is 17.4 Å². The lowest BCUT2D eigenvalue weighted by atomic mass is 10.2. The fourth-order valence-corrected chi connectivity index (χ4v) is 2.42. The second kappa shape index (κ2) is 6.74. The molecule has 0 spiro atoms. The number of halogens is 1. The summed E-state index contributed by atoms with van der Waals surface area (Å²) in [5.41, 5.74) is 1.73. The van der Waals surface area contributed by atoms with Crippen LogP contribution in [0.4, 0.5) is 5.69 Å². The van der Waals surface area contributed by atoms with Gasteiger partial charge in [0.15, 0.2) is 0 Å². The van der Waals surface area contributed by atoms with Crippen molar-refractivity contribution in [3.63, 3.8) is 0 Å². The lowest BCUT2D eigenvalue weighted by Gasteiger charge is -2.19. The molecule has 2 aromatic rings. The fourth-order valence-electron chi connectivity index (χ4n) is 1.81. The Kier molecular flexibility index (Phi) is 4.99. The molecule has 1 heterocycles. The molecule has 0 atom stereocenters. The van der Waals surface area contributed by atoms with Gasteiger partial charge in [-0.15, -0.1) is 5.10 Å². The highest BCUT2D eigenvalue weighted by Crippen LogP contribution is 2.20. The van der Waals surface area contributed by atoms with Crippen LogP contribution in [0.5, 0.6) is 0 Å². The maximum absolute atomic E-state index is 10.8. The van der Waals surface area contributed by atoms with E-state index in [1.165, 1.54) is 6.07 Å². The number of hydrogen-bond acceptors (Lipinski definition) is 6. The van der Waals surface area contributed by atoms with E-state index >= 15 is 0 Å². The Morgan fingerprint density at radius 1 is 1.45 bits per heavy atom. The molecular weight excluding hydrogens is 300 g/mol. The van der Waals surface area contributed by atoms with Gasteiger partial charge in [-0.25, -0.2) is 0 Å². The smallest absolute Gasteiger partial charge is 0.269 e. The lowest BCUT2D eigenvalue weighted by molar-refractivity contribution is -0.384. The second-order valence-electron chi connectivity index (χ2n) is 4.22. The molecule has 8 heteroatoms. The topological polar surface area (TPSA) is 72.2 Å². The molecule has 0 aliphatic heterocycles. The summed E-state index contributed by atoms with van der Waals surface area (Å²) in [6.45, 7) is 3.99. The maximum Gasteiger partial charge on any atom is 0.269 e. The first-order valence-electron chi connectivity index (χ1n) is 6.02. The van der Waals surface area contributed by atoms with E-state index in [1.54, 1.807) is 12.1 Å². The van der Waals surface area contributed by atoms with Gasteiger partial charge in [0.25, 0.3) is 5.69 Å². The van der Waals surface area contributed by atoms with Crippen LogP contribution < -0.4 is 0 Å². The van der Waals surface area contributed by atoms with E-state index in [2.05, 4.69) is 14.5 Å². The molecule has 106 valence electrons. The molecular formula is C12H13ClN4O2S. The number of hydrogen-bond donors (Lipinski definition) is 0. The van der Waals surface area contributed by atoms with E-state index in [9.17, 15) is 10.1 Å². The molecule has 0 saturated carbocycles. The molecule has 1 aromatic heterocycles. The summed E-state index contributed by atoms with van der Waals surface area (Å²) in [5.74, 6) is 0. The summed E-state index contributed by atoms with van der Waals surface area (Å²) in [6.07, 6.45) is 0. The van der Waals surface area contributed by atoms with E-state index in [-0.39, 0.29) is 10.6 Å². The predicted molar refractivity (Wildman–Crippen MR) is 77.8 cm³/mol. The number of nitrogens with zero attached hydrogens (tertiary/aromatic N) is 4. The molecule has 0 fully saturated rings. The molecule has 20 heavy (non-hydrogen) atoms. The van der Waals surface area contributed by atoms with Gasteiger partial charge in [0.05, 0.1) is 4.92 Å². The van der Waals surface area contributed by atoms with Gasteiger partial charge in [0, 0.05) is 36.8 Å². The Labute approximate surface area is 125 Å². The number of rotatable bonds is 6. The highest BCUT2D eigenvalue weighted by molar-refractivity contribution is 7.10. The highest BCUT2D eigenvalue weighted by atomic mass is 35.5. The zero-order valence-corrected chi connectivity index (χ0v) is 12.4. The first-order chi connectivity index (χ1) is 9.60. The van der Waals surface area contributed by atoms with Crippen molar-refractivity contribution in [2.24, 2.45) is 0 Å². The second-order valence-corrected chi connectivity index (χ2v) is 5.58. The van der Waals surface area contributed by atoms with E-state index in [4.69, 9.17) is 11.6 Å². The summed E-state index contributed by atoms with van der Waals surface area (Å²) in [7, 11) is 0. The molecule has 0 N–H and O–H groups in total. The minimum Gasteiger partial charge on any atom is -0.293 e. The Hall–Kier alpha value is -1.57. The molecule has 0 bridgehead atoms. The van der Waals surface area contributed by atoms with Crippen molar-refractivity contribution in [2.75, 3.05) is 6.54 Å². The molecule has 0 aliphatic rings. The van der Waals surface area contributed by atoms with Gasteiger partial charge in [-0.3, -0.25) is 15.0 Å². The maximum atomic E-state index is 10.8. The largest absolute Gasteiger partial charge is 0.293 e. The monoisotopic (exact) mass is 312 g/mol. The van der Waals surface area contributed by atoms with Crippen molar-refractivity contribution in [1.82, 2.24) is 14.5 Å². The Morgan fingerprint density at radius 2 is 2.25 bits per heavy atom. The Balaban J connectivity index is 2.08. The highest BCUT2D eigenvalue weighted by Gasteiger charge is 2.12. The number of aromatic nitrogens is 2. The van der Waals surface area contributed by atoms with Crippen LogP contribution in [0.15, 0.2) is 24.3 Å². The summed E-state index contributed by atoms with van der Waals surface area (Å²) < 4.78 is 4.38. The van der Waals surface area contributed by atoms with Gasteiger partial charge in [-0.2, -0.15) is 0 Å². The van der Waals surface area contributed by atoms with E-state index in [1.807, 2.05) is 13.0 Å². The average Bonchev–Trinajstić information content (AvgIpc) is 2.84. The third kappa shape index (κ3) is 3.72. The van der Waals surface area contributed by atoms with Crippen LogP contribution in [0.3, 0.4) is 0 Å². The van der Waals surface area contributed by atoms with Gasteiger partial charge < -0.3 is 0 Å². The van der Waals surface area contributed by atoms with Crippen LogP contribution in [0.25, 0.3) is 0 Å². The van der Waals surface area contributed by atoms with Gasteiger partial charge in [-0.1, -0.05) is 35.1 Å². The molecule has 0 amide bonds. The first kappa shape index (κ1) is 14.8. The van der Waals surface area contributed by atoms with Gasteiger partial charge in [0.1, 0.15) is 10.0 Å². The van der Waals surface area contributed by atoms with Crippen LogP contribution in [0, 0.1) is 10.1 Å². The van der Waals surface area contributed by atoms with Crippen molar-refractivity contribution in [3.05, 3.63) is 50.0 Å². The van der Waals surface area contributed by atoms with Crippen molar-refractivity contribution in [1.29, 1.82) is 0 Å². The molecule has 0 aliphatic carbocycles. The van der Waals surface area contributed by atoms with Crippen molar-refractivity contribution in [3.8, 4) is 0 Å². The first-order valence-corrected chi connectivity index (χ1v) is 7.17. The third-order valence-electron chi connectivity index (χ3n) is 2.86. The summed E-state index contributed by atoms with van der Waals surface area (Å²) in [6, 6.07) is 6.64. The number of non-ortho nitro benzene ring substituents is 1. The number of nitro benzene ring substituents is 1. The lowest BCUT2D eigenvalue weighted by Crippen LogP contribution is -2.22. The van der Waals surface area contributed by atoms with Gasteiger partial charge in [-0.05, 0) is 12.1 Å². The molecule has 6 nitrogen and oxygen atoms in total. The van der Waals surface area contributed by atoms with Crippen LogP contribution in [0.1, 0.15) is 18.2 Å². The summed E-state index contributed by atoms with van der Waals surface area (Å²) >= 11 is 7.15. The summed E-state index contributed by atoms with van der Waals surface area (Å²) in [4.78, 5) is 12.5. The van der Waals surface area contributed by atoms with Crippen LogP contribution in [-0.4, -0.2) is 26.0 Å². The fraction of sp³-hybridized carbons (Fsp3) is 0.333. The van der Waals surface area contributed by atoms with Gasteiger partial charge in [0.2, 0.25) is 0 Å². The SMILES string of the molecule is CCN(Cc1cccc([N+](=O)[O-])c1)Cc1nnsc1Cl. The van der Waals surface area contributed by atoms with Gasteiger partial charge >= 0.3 is 0 Å². The van der Waals surface area contributed by atoms with Crippen molar-refractivity contribution < 1.29 is 4.92 Å². The standard InChI is InChI=1S/C12H13ClN4O2S/c1-2-16(8-11-12(13)20-15-14-11)7-9-4-3-5-10(6-9)17(18)19/h3-6H,2,7-8H2,1H3. The van der Waals surface area contributed by atoms with Crippen LogP contribution >= 0.6 is 23.1 Å². The molecule has 2 rings (SSSR count). The minimum absolute atomic E-state index is 0.104. The van der Waals surface area contributed by atoms with Crippen molar-refractivity contribution in [2.45, 2.75) is 20.0 Å². The van der Waals surface area contributed by atoms with Crippen LogP contribution in [-0.2, 0) is 13.1 Å². The van der Waals surface area contributed by atoms with E-state index < -0.39 is 0 Å². The number of nitro groups is 1. The van der Waals surface area contributed by atoms with E-state index in [0.717, 1.165) is 29.3 Å². The normalized spacial score (nSPS) is 10.9. The summed E-state index contributed by atoms with van der Waals surface area (Å²) in [5, 5.41) is 14.7.